The van der Waals surface area contributed by atoms with E-state index >= 15 is 0 Å². The van der Waals surface area contributed by atoms with Crippen molar-refractivity contribution < 1.29 is 9.90 Å². The van der Waals surface area contributed by atoms with Gasteiger partial charge in [0.1, 0.15) is 11.3 Å². The summed E-state index contributed by atoms with van der Waals surface area (Å²) in [5, 5.41) is 16.5. The number of anilines is 2. The van der Waals surface area contributed by atoms with Crippen LogP contribution in [0.2, 0.25) is 5.02 Å². The molecular weight excluding hydrogens is 338 g/mol. The Hall–Kier alpha value is -2.24. The van der Waals surface area contributed by atoms with E-state index in [9.17, 15) is 9.90 Å². The predicted octanol–water partition coefficient (Wildman–Crippen LogP) is 3.44. The summed E-state index contributed by atoms with van der Waals surface area (Å²) < 4.78 is 0. The number of benzene rings is 2. The SMILES string of the molecule is O=C1Nc2ccccc2NC12CCN(Cc1ccc(O)cc1Cl)CC2. The average molecular weight is 358 g/mol. The van der Waals surface area contributed by atoms with Gasteiger partial charge in [0.2, 0.25) is 5.91 Å². The summed E-state index contributed by atoms with van der Waals surface area (Å²) in [6.45, 7) is 2.33. The Morgan fingerprint density at radius 3 is 2.56 bits per heavy atom. The van der Waals surface area contributed by atoms with Gasteiger partial charge in [-0.15, -0.1) is 0 Å². The molecular formula is C19H20ClN3O2. The maximum Gasteiger partial charge on any atom is 0.250 e. The molecule has 0 aromatic heterocycles. The number of amides is 1. The van der Waals surface area contributed by atoms with E-state index in [2.05, 4.69) is 15.5 Å². The molecule has 4 rings (SSSR count). The van der Waals surface area contributed by atoms with E-state index in [1.54, 1.807) is 12.1 Å². The lowest BCUT2D eigenvalue weighted by Crippen LogP contribution is -2.58. The third-order valence-corrected chi connectivity index (χ3v) is 5.48. The lowest BCUT2D eigenvalue weighted by atomic mass is 9.84. The van der Waals surface area contributed by atoms with Gasteiger partial charge >= 0.3 is 0 Å². The van der Waals surface area contributed by atoms with E-state index in [0.29, 0.717) is 11.6 Å². The van der Waals surface area contributed by atoms with Crippen molar-refractivity contribution in [2.75, 3.05) is 23.7 Å². The molecule has 3 N–H and O–H groups in total. The number of nitrogens with one attached hydrogen (secondary N) is 2. The molecule has 6 heteroatoms. The lowest BCUT2D eigenvalue weighted by molar-refractivity contribution is -0.122. The number of phenols is 1. The van der Waals surface area contributed by atoms with Crippen LogP contribution in [-0.4, -0.2) is 34.5 Å². The lowest BCUT2D eigenvalue weighted by Gasteiger charge is -2.44. The van der Waals surface area contributed by atoms with Crippen LogP contribution in [-0.2, 0) is 11.3 Å². The monoisotopic (exact) mass is 357 g/mol. The first-order valence-corrected chi connectivity index (χ1v) is 8.82. The van der Waals surface area contributed by atoms with Crippen LogP contribution in [0.4, 0.5) is 11.4 Å². The number of halogens is 1. The van der Waals surface area contributed by atoms with Gasteiger partial charge in [0.15, 0.2) is 0 Å². The number of carbonyl (C=O) groups excluding carboxylic acids is 1. The molecule has 2 aromatic rings. The molecule has 130 valence electrons. The number of rotatable bonds is 2. The number of nitrogens with zero attached hydrogens (tertiary/aromatic N) is 1. The molecule has 1 amide bonds. The minimum atomic E-state index is -0.538. The molecule has 2 aliphatic heterocycles. The molecule has 1 saturated heterocycles. The highest BCUT2D eigenvalue weighted by molar-refractivity contribution is 6.31. The van der Waals surface area contributed by atoms with Crippen molar-refractivity contribution in [3.63, 3.8) is 0 Å². The van der Waals surface area contributed by atoms with E-state index < -0.39 is 5.54 Å². The minimum Gasteiger partial charge on any atom is -0.508 e. The molecule has 0 unspecified atom stereocenters. The van der Waals surface area contributed by atoms with Crippen molar-refractivity contribution in [1.29, 1.82) is 0 Å². The Kier molecular flexibility index (Phi) is 4.06. The second-order valence-electron chi connectivity index (χ2n) is 6.76. The molecule has 0 bridgehead atoms. The standard InChI is InChI=1S/C19H20ClN3O2/c20-15-11-14(24)6-5-13(15)12-23-9-7-19(8-10-23)18(25)21-16-3-1-2-4-17(16)22-19/h1-6,11,22,24H,7-10,12H2,(H,21,25). The second-order valence-corrected chi connectivity index (χ2v) is 7.17. The number of carbonyl (C=O) groups is 1. The van der Waals surface area contributed by atoms with Gasteiger partial charge in [-0.25, -0.2) is 0 Å². The van der Waals surface area contributed by atoms with Gasteiger partial charge in [-0.1, -0.05) is 29.8 Å². The van der Waals surface area contributed by atoms with Crippen molar-refractivity contribution in [2.24, 2.45) is 0 Å². The number of piperidine rings is 1. The summed E-state index contributed by atoms with van der Waals surface area (Å²) in [5.41, 5.74) is 2.28. The smallest absolute Gasteiger partial charge is 0.250 e. The first kappa shape index (κ1) is 16.2. The number of fused-ring (bicyclic) bond motifs is 1. The fraction of sp³-hybridized carbons (Fsp3) is 0.316. The zero-order valence-electron chi connectivity index (χ0n) is 13.8. The molecule has 1 fully saturated rings. The van der Waals surface area contributed by atoms with Crippen LogP contribution in [0.15, 0.2) is 42.5 Å². The van der Waals surface area contributed by atoms with E-state index in [0.717, 1.165) is 42.9 Å². The third-order valence-electron chi connectivity index (χ3n) is 5.12. The van der Waals surface area contributed by atoms with Crippen LogP contribution < -0.4 is 10.6 Å². The van der Waals surface area contributed by atoms with Gasteiger partial charge in [-0.05, 0) is 42.7 Å². The summed E-state index contributed by atoms with van der Waals surface area (Å²) in [6.07, 6.45) is 1.48. The third kappa shape index (κ3) is 3.05. The normalized spacial score (nSPS) is 19.2. The van der Waals surface area contributed by atoms with Crippen LogP contribution in [0.25, 0.3) is 0 Å². The highest BCUT2D eigenvalue weighted by atomic mass is 35.5. The molecule has 25 heavy (non-hydrogen) atoms. The number of para-hydroxylation sites is 2. The predicted molar refractivity (Wildman–Crippen MR) is 99.1 cm³/mol. The fourth-order valence-electron chi connectivity index (χ4n) is 3.61. The van der Waals surface area contributed by atoms with Crippen molar-refractivity contribution >= 4 is 28.9 Å². The van der Waals surface area contributed by atoms with Crippen LogP contribution in [0.1, 0.15) is 18.4 Å². The number of hydrogen-bond donors (Lipinski definition) is 3. The molecule has 0 saturated carbocycles. The Bertz CT molecular complexity index is 816. The van der Waals surface area contributed by atoms with Crippen molar-refractivity contribution in [2.45, 2.75) is 24.9 Å². The van der Waals surface area contributed by atoms with E-state index in [1.807, 2.05) is 30.3 Å². The quantitative estimate of drug-likeness (QED) is 0.770. The van der Waals surface area contributed by atoms with Crippen molar-refractivity contribution in [3.8, 4) is 5.75 Å². The molecule has 2 aromatic carbocycles. The highest BCUT2D eigenvalue weighted by Gasteiger charge is 2.44. The maximum atomic E-state index is 12.6. The summed E-state index contributed by atoms with van der Waals surface area (Å²) in [5.74, 6) is 0.224. The molecule has 2 heterocycles. The number of phenolic OH excluding ortho intramolecular Hbond substituents is 1. The second kappa shape index (κ2) is 6.24. The Morgan fingerprint density at radius 1 is 1.12 bits per heavy atom. The zero-order valence-corrected chi connectivity index (χ0v) is 14.5. The van der Waals surface area contributed by atoms with Crippen LogP contribution in [0.5, 0.6) is 5.75 Å². The summed E-state index contributed by atoms with van der Waals surface area (Å²) in [7, 11) is 0. The Balaban J connectivity index is 1.45. The number of hydrogen-bond acceptors (Lipinski definition) is 4. The molecule has 2 aliphatic rings. The van der Waals surface area contributed by atoms with Gasteiger partial charge in [0.05, 0.1) is 11.4 Å². The average Bonchev–Trinajstić information content (AvgIpc) is 2.60. The summed E-state index contributed by atoms with van der Waals surface area (Å²) >= 11 is 6.21. The zero-order chi connectivity index (χ0) is 17.4. The summed E-state index contributed by atoms with van der Waals surface area (Å²) in [6, 6.07) is 12.9. The largest absolute Gasteiger partial charge is 0.508 e. The highest BCUT2D eigenvalue weighted by Crippen LogP contribution is 2.36. The van der Waals surface area contributed by atoms with Gasteiger partial charge < -0.3 is 15.7 Å². The van der Waals surface area contributed by atoms with Gasteiger partial charge in [-0.2, -0.15) is 0 Å². The topological polar surface area (TPSA) is 64.6 Å². The van der Waals surface area contributed by atoms with Gasteiger partial charge in [0, 0.05) is 24.7 Å². The van der Waals surface area contributed by atoms with E-state index in [1.165, 1.54) is 0 Å². The minimum absolute atomic E-state index is 0.0496. The van der Waals surface area contributed by atoms with E-state index in [-0.39, 0.29) is 11.7 Å². The van der Waals surface area contributed by atoms with Crippen molar-refractivity contribution in [3.05, 3.63) is 53.1 Å². The summed E-state index contributed by atoms with van der Waals surface area (Å²) in [4.78, 5) is 14.9. The van der Waals surface area contributed by atoms with Crippen LogP contribution >= 0.6 is 11.6 Å². The van der Waals surface area contributed by atoms with Crippen LogP contribution in [0, 0.1) is 0 Å². The molecule has 1 spiro atoms. The van der Waals surface area contributed by atoms with Crippen LogP contribution in [0.3, 0.4) is 0 Å². The Morgan fingerprint density at radius 2 is 1.84 bits per heavy atom. The number of aromatic hydroxyl groups is 1. The first-order valence-electron chi connectivity index (χ1n) is 8.44. The number of likely N-dealkylation sites (tertiary alicyclic amines) is 1. The Labute approximate surface area is 151 Å². The molecule has 0 radical (unpaired) electrons. The van der Waals surface area contributed by atoms with E-state index in [4.69, 9.17) is 11.6 Å². The molecule has 5 nitrogen and oxygen atoms in total. The fourth-order valence-corrected chi connectivity index (χ4v) is 3.84. The molecule has 0 aliphatic carbocycles. The maximum absolute atomic E-state index is 12.6. The van der Waals surface area contributed by atoms with Crippen molar-refractivity contribution in [1.82, 2.24) is 4.90 Å². The molecule has 0 atom stereocenters. The van der Waals surface area contributed by atoms with Gasteiger partial charge in [-0.3, -0.25) is 9.69 Å². The van der Waals surface area contributed by atoms with Gasteiger partial charge in [0.25, 0.3) is 0 Å². The first-order chi connectivity index (χ1) is 12.1.